The standard InChI is InChI=1S/C22H16F2N2O3/c1-27-14-10-17-20(18(23)11-14)29-19-5-4-13(15-3-2-6-25-21(15)24)9-16(19)22(17)12-28-8-7-26-22/h2-7,9-11H,8,12H2,1H3. The molecule has 2 aromatic carbocycles. The van der Waals surface area contributed by atoms with E-state index in [4.69, 9.17) is 19.2 Å². The fourth-order valence-corrected chi connectivity index (χ4v) is 3.85. The predicted octanol–water partition coefficient (Wildman–Crippen LogP) is 4.49. The van der Waals surface area contributed by atoms with Crippen molar-refractivity contribution in [2.24, 2.45) is 4.99 Å². The number of hydrogen-bond acceptors (Lipinski definition) is 5. The Hall–Kier alpha value is -3.32. The molecule has 0 bridgehead atoms. The number of benzene rings is 2. The number of aliphatic imine (C=N–C) groups is 1. The summed E-state index contributed by atoms with van der Waals surface area (Å²) in [5.41, 5.74) is 1.11. The van der Waals surface area contributed by atoms with Crippen molar-refractivity contribution in [1.82, 2.24) is 4.98 Å². The van der Waals surface area contributed by atoms with Gasteiger partial charge in [-0.25, -0.2) is 9.37 Å². The summed E-state index contributed by atoms with van der Waals surface area (Å²) in [4.78, 5) is 8.44. The fraction of sp³-hybridized carbons (Fsp3) is 0.182. The minimum absolute atomic E-state index is 0.0845. The largest absolute Gasteiger partial charge is 0.497 e. The summed E-state index contributed by atoms with van der Waals surface area (Å²) in [7, 11) is 1.47. The van der Waals surface area contributed by atoms with E-state index in [2.05, 4.69) is 4.98 Å². The molecule has 3 aromatic rings. The number of halogens is 2. The fourth-order valence-electron chi connectivity index (χ4n) is 3.85. The smallest absolute Gasteiger partial charge is 0.220 e. The zero-order chi connectivity index (χ0) is 20.0. The van der Waals surface area contributed by atoms with Gasteiger partial charge in [0, 0.05) is 35.2 Å². The van der Waals surface area contributed by atoms with Crippen molar-refractivity contribution in [1.29, 1.82) is 0 Å². The van der Waals surface area contributed by atoms with E-state index in [1.807, 2.05) is 0 Å². The van der Waals surface area contributed by atoms with Crippen LogP contribution in [0.4, 0.5) is 8.78 Å². The predicted molar refractivity (Wildman–Crippen MR) is 103 cm³/mol. The highest BCUT2D eigenvalue weighted by Gasteiger charge is 2.45. The van der Waals surface area contributed by atoms with E-state index in [0.717, 1.165) is 0 Å². The van der Waals surface area contributed by atoms with Gasteiger partial charge >= 0.3 is 0 Å². The third kappa shape index (κ3) is 2.69. The molecule has 1 unspecified atom stereocenters. The Morgan fingerprint density at radius 1 is 1.10 bits per heavy atom. The van der Waals surface area contributed by atoms with Gasteiger partial charge in [0.05, 0.1) is 20.3 Å². The highest BCUT2D eigenvalue weighted by atomic mass is 19.1. The second-order valence-corrected chi connectivity index (χ2v) is 6.83. The van der Waals surface area contributed by atoms with E-state index in [0.29, 0.717) is 40.4 Å². The number of hydrogen-bond donors (Lipinski definition) is 0. The SMILES string of the molecule is COc1cc(F)c2c(c1)C1(COCC=N1)c1cc(-c3cccnc3F)ccc1O2. The van der Waals surface area contributed by atoms with E-state index in [-0.39, 0.29) is 12.4 Å². The molecule has 0 saturated heterocycles. The lowest BCUT2D eigenvalue weighted by Gasteiger charge is -2.39. The Morgan fingerprint density at radius 2 is 2.00 bits per heavy atom. The van der Waals surface area contributed by atoms with Gasteiger partial charge in [-0.05, 0) is 35.9 Å². The van der Waals surface area contributed by atoms with Crippen molar-refractivity contribution in [3.05, 3.63) is 71.6 Å². The highest BCUT2D eigenvalue weighted by Crippen LogP contribution is 2.52. The van der Waals surface area contributed by atoms with Crippen molar-refractivity contribution < 1.29 is 23.0 Å². The first-order valence-electron chi connectivity index (χ1n) is 9.05. The maximum absolute atomic E-state index is 14.8. The molecule has 29 heavy (non-hydrogen) atoms. The number of aromatic nitrogens is 1. The molecule has 5 rings (SSSR count). The molecule has 146 valence electrons. The van der Waals surface area contributed by atoms with E-state index >= 15 is 0 Å². The quantitative estimate of drug-likeness (QED) is 0.601. The van der Waals surface area contributed by atoms with E-state index < -0.39 is 17.3 Å². The first-order valence-corrected chi connectivity index (χ1v) is 9.05. The van der Waals surface area contributed by atoms with Gasteiger partial charge in [-0.15, -0.1) is 0 Å². The summed E-state index contributed by atoms with van der Waals surface area (Å²) >= 11 is 0. The van der Waals surface area contributed by atoms with Gasteiger partial charge in [-0.3, -0.25) is 4.99 Å². The third-order valence-electron chi connectivity index (χ3n) is 5.22. The molecule has 0 aliphatic carbocycles. The number of nitrogens with zero attached hydrogens (tertiary/aromatic N) is 2. The number of methoxy groups -OCH3 is 1. The van der Waals surface area contributed by atoms with E-state index in [9.17, 15) is 8.78 Å². The van der Waals surface area contributed by atoms with Crippen LogP contribution in [-0.2, 0) is 10.3 Å². The first-order chi connectivity index (χ1) is 14.1. The Labute approximate surface area is 165 Å². The van der Waals surface area contributed by atoms with Crippen molar-refractivity contribution in [3.8, 4) is 28.4 Å². The minimum Gasteiger partial charge on any atom is -0.497 e. The molecule has 2 aliphatic heterocycles. The second-order valence-electron chi connectivity index (χ2n) is 6.83. The average molecular weight is 394 g/mol. The van der Waals surface area contributed by atoms with Crippen LogP contribution >= 0.6 is 0 Å². The average Bonchev–Trinajstić information content (AvgIpc) is 2.75. The van der Waals surface area contributed by atoms with Gasteiger partial charge in [0.15, 0.2) is 11.6 Å². The summed E-state index contributed by atoms with van der Waals surface area (Å²) in [6, 6.07) is 11.5. The normalized spacial score (nSPS) is 19.4. The summed E-state index contributed by atoms with van der Waals surface area (Å²) in [5, 5.41) is 0. The molecule has 7 heteroatoms. The lowest BCUT2D eigenvalue weighted by Crippen LogP contribution is -2.38. The number of pyridine rings is 1. The van der Waals surface area contributed by atoms with Crippen LogP contribution in [0.3, 0.4) is 0 Å². The number of fused-ring (bicyclic) bond motifs is 4. The molecule has 0 amide bonds. The molecule has 0 N–H and O–H groups in total. The maximum Gasteiger partial charge on any atom is 0.220 e. The molecule has 1 atom stereocenters. The van der Waals surface area contributed by atoms with Gasteiger partial charge in [-0.2, -0.15) is 4.39 Å². The zero-order valence-corrected chi connectivity index (χ0v) is 15.5. The molecule has 0 saturated carbocycles. The lowest BCUT2D eigenvalue weighted by atomic mass is 9.79. The second kappa shape index (κ2) is 6.63. The van der Waals surface area contributed by atoms with Crippen molar-refractivity contribution >= 4 is 6.21 Å². The first kappa shape index (κ1) is 17.8. The molecule has 3 heterocycles. The maximum atomic E-state index is 14.8. The van der Waals surface area contributed by atoms with Crippen LogP contribution < -0.4 is 9.47 Å². The molecular formula is C22H16F2N2O3. The molecule has 0 fully saturated rings. The highest BCUT2D eigenvalue weighted by molar-refractivity contribution is 5.71. The van der Waals surface area contributed by atoms with Crippen LogP contribution in [0.2, 0.25) is 0 Å². The van der Waals surface area contributed by atoms with E-state index in [1.54, 1.807) is 42.6 Å². The monoisotopic (exact) mass is 394 g/mol. The summed E-state index contributed by atoms with van der Waals surface area (Å²) in [5.74, 6) is -0.247. The Morgan fingerprint density at radius 3 is 2.76 bits per heavy atom. The molecule has 1 aromatic heterocycles. The summed E-state index contributed by atoms with van der Waals surface area (Å²) < 4.78 is 45.9. The van der Waals surface area contributed by atoms with Gasteiger partial charge in [0.2, 0.25) is 5.95 Å². The topological polar surface area (TPSA) is 52.9 Å². The Bertz CT molecular complexity index is 1150. The molecule has 1 spiro atoms. The van der Waals surface area contributed by atoms with Gasteiger partial charge < -0.3 is 14.2 Å². The molecular weight excluding hydrogens is 378 g/mol. The van der Waals surface area contributed by atoms with Crippen LogP contribution in [-0.4, -0.2) is 31.5 Å². The molecule has 0 radical (unpaired) electrons. The van der Waals surface area contributed by atoms with Gasteiger partial charge in [0.25, 0.3) is 0 Å². The van der Waals surface area contributed by atoms with Crippen LogP contribution in [0.25, 0.3) is 11.1 Å². The Balaban J connectivity index is 1.77. The van der Waals surface area contributed by atoms with Crippen molar-refractivity contribution in [3.63, 3.8) is 0 Å². The minimum atomic E-state index is -1.02. The van der Waals surface area contributed by atoms with Crippen LogP contribution in [0.1, 0.15) is 11.1 Å². The van der Waals surface area contributed by atoms with Crippen LogP contribution in [0.15, 0.2) is 53.7 Å². The van der Waals surface area contributed by atoms with Crippen molar-refractivity contribution in [2.75, 3.05) is 20.3 Å². The zero-order valence-electron chi connectivity index (χ0n) is 15.5. The number of ether oxygens (including phenoxy) is 3. The van der Waals surface area contributed by atoms with Gasteiger partial charge in [0.1, 0.15) is 17.0 Å². The number of rotatable bonds is 2. The summed E-state index contributed by atoms with van der Waals surface area (Å²) in [6.45, 7) is 0.551. The molecule has 2 aliphatic rings. The van der Waals surface area contributed by atoms with Crippen LogP contribution in [0.5, 0.6) is 17.2 Å². The van der Waals surface area contributed by atoms with Crippen LogP contribution in [0, 0.1) is 11.8 Å². The Kier molecular flexibility index (Phi) is 4.06. The van der Waals surface area contributed by atoms with Crippen molar-refractivity contribution in [2.45, 2.75) is 5.54 Å². The molecule has 5 nitrogen and oxygen atoms in total. The summed E-state index contributed by atoms with van der Waals surface area (Å²) in [6.07, 6.45) is 3.05. The van der Waals surface area contributed by atoms with Gasteiger partial charge in [-0.1, -0.05) is 6.07 Å². The van der Waals surface area contributed by atoms with E-state index in [1.165, 1.54) is 19.4 Å². The third-order valence-corrected chi connectivity index (χ3v) is 5.22. The lowest BCUT2D eigenvalue weighted by molar-refractivity contribution is 0.113.